The second kappa shape index (κ2) is 2.85. The van der Waals surface area contributed by atoms with E-state index < -0.39 is 5.97 Å². The molecule has 1 aromatic rings. The summed E-state index contributed by atoms with van der Waals surface area (Å²) < 4.78 is 1.73. The first-order valence-corrected chi connectivity index (χ1v) is 4.16. The Hall–Kier alpha value is -1.36. The standard InChI is InChI=1S/C8H11N3O2/c12-7(13)4-8(5-9-6-8)11-3-1-2-10-11/h1-3,9H,4-6H2,(H,12,13). The number of hydrogen-bond acceptors (Lipinski definition) is 3. The maximum absolute atomic E-state index is 10.6. The first-order chi connectivity index (χ1) is 6.23. The van der Waals surface area contributed by atoms with E-state index in [2.05, 4.69) is 10.4 Å². The van der Waals surface area contributed by atoms with E-state index in [1.54, 1.807) is 10.9 Å². The molecule has 5 heteroatoms. The van der Waals surface area contributed by atoms with Gasteiger partial charge in [0.15, 0.2) is 0 Å². The van der Waals surface area contributed by atoms with Gasteiger partial charge in [-0.25, -0.2) is 0 Å². The van der Waals surface area contributed by atoms with Crippen LogP contribution in [0.1, 0.15) is 6.42 Å². The van der Waals surface area contributed by atoms with Crippen LogP contribution in [0.15, 0.2) is 18.5 Å². The van der Waals surface area contributed by atoms with Crippen molar-refractivity contribution in [3.8, 4) is 0 Å². The fourth-order valence-electron chi connectivity index (χ4n) is 1.61. The molecular weight excluding hydrogens is 170 g/mol. The highest BCUT2D eigenvalue weighted by Gasteiger charge is 2.41. The van der Waals surface area contributed by atoms with Crippen molar-refractivity contribution in [2.45, 2.75) is 12.0 Å². The lowest BCUT2D eigenvalue weighted by Gasteiger charge is -2.41. The van der Waals surface area contributed by atoms with Gasteiger partial charge in [-0.05, 0) is 6.07 Å². The second-order valence-corrected chi connectivity index (χ2v) is 3.35. The van der Waals surface area contributed by atoms with Crippen LogP contribution in [-0.2, 0) is 10.3 Å². The molecule has 0 aliphatic carbocycles. The summed E-state index contributed by atoms with van der Waals surface area (Å²) in [7, 11) is 0. The number of rotatable bonds is 3. The lowest BCUT2D eigenvalue weighted by Crippen LogP contribution is -2.61. The molecule has 0 aromatic carbocycles. The fraction of sp³-hybridized carbons (Fsp3) is 0.500. The molecular formula is C8H11N3O2. The number of aromatic nitrogens is 2. The number of aliphatic carboxylic acids is 1. The Morgan fingerprint density at radius 2 is 2.46 bits per heavy atom. The Bertz CT molecular complexity index is 303. The lowest BCUT2D eigenvalue weighted by molar-refractivity contribution is -0.140. The zero-order valence-electron chi connectivity index (χ0n) is 7.10. The van der Waals surface area contributed by atoms with Crippen LogP contribution in [0.4, 0.5) is 0 Å². The van der Waals surface area contributed by atoms with Crippen LogP contribution in [0, 0.1) is 0 Å². The summed E-state index contributed by atoms with van der Waals surface area (Å²) in [6, 6.07) is 1.81. The molecule has 0 unspecified atom stereocenters. The maximum Gasteiger partial charge on any atom is 0.305 e. The van der Waals surface area contributed by atoms with Crippen LogP contribution in [0.2, 0.25) is 0 Å². The molecule has 0 radical (unpaired) electrons. The van der Waals surface area contributed by atoms with Gasteiger partial charge in [0, 0.05) is 25.5 Å². The van der Waals surface area contributed by atoms with Crippen LogP contribution in [-0.4, -0.2) is 33.9 Å². The molecule has 2 N–H and O–H groups in total. The van der Waals surface area contributed by atoms with Crippen LogP contribution >= 0.6 is 0 Å². The van der Waals surface area contributed by atoms with E-state index >= 15 is 0 Å². The van der Waals surface area contributed by atoms with Crippen molar-refractivity contribution >= 4 is 5.97 Å². The van der Waals surface area contributed by atoms with Gasteiger partial charge >= 0.3 is 5.97 Å². The first kappa shape index (κ1) is 8.25. The molecule has 1 aliphatic heterocycles. The van der Waals surface area contributed by atoms with Gasteiger partial charge in [0.25, 0.3) is 0 Å². The van der Waals surface area contributed by atoms with Gasteiger partial charge in [0.05, 0.1) is 12.0 Å². The third-order valence-electron chi connectivity index (χ3n) is 2.38. The molecule has 5 nitrogen and oxygen atoms in total. The quantitative estimate of drug-likeness (QED) is 0.669. The number of hydrogen-bond donors (Lipinski definition) is 2. The van der Waals surface area contributed by atoms with E-state index in [9.17, 15) is 4.79 Å². The number of carbonyl (C=O) groups is 1. The molecule has 0 amide bonds. The Labute approximate surface area is 75.4 Å². The van der Waals surface area contributed by atoms with Crippen molar-refractivity contribution in [2.75, 3.05) is 13.1 Å². The van der Waals surface area contributed by atoms with Crippen molar-refractivity contribution in [1.29, 1.82) is 0 Å². The van der Waals surface area contributed by atoms with E-state index in [4.69, 9.17) is 5.11 Å². The average Bonchev–Trinajstić information content (AvgIpc) is 2.48. The van der Waals surface area contributed by atoms with Crippen molar-refractivity contribution < 1.29 is 9.90 Å². The monoisotopic (exact) mass is 181 g/mol. The molecule has 0 bridgehead atoms. The molecule has 0 saturated carbocycles. The largest absolute Gasteiger partial charge is 0.481 e. The SMILES string of the molecule is O=C(O)CC1(n2cccn2)CNC1. The van der Waals surface area contributed by atoms with Gasteiger partial charge in [0.2, 0.25) is 0 Å². The Morgan fingerprint density at radius 1 is 1.69 bits per heavy atom. The number of carboxylic acid groups (broad SMARTS) is 1. The topological polar surface area (TPSA) is 67.1 Å². The lowest BCUT2D eigenvalue weighted by atomic mass is 9.89. The van der Waals surface area contributed by atoms with Crippen LogP contribution in [0.5, 0.6) is 0 Å². The third kappa shape index (κ3) is 1.31. The average molecular weight is 181 g/mol. The Kier molecular flexibility index (Phi) is 1.81. The molecule has 2 heterocycles. The minimum atomic E-state index is -0.781. The number of nitrogens with zero attached hydrogens (tertiary/aromatic N) is 2. The zero-order chi connectivity index (χ0) is 9.31. The maximum atomic E-state index is 10.6. The van der Waals surface area contributed by atoms with E-state index in [-0.39, 0.29) is 12.0 Å². The van der Waals surface area contributed by atoms with Crippen molar-refractivity contribution in [2.24, 2.45) is 0 Å². The fourth-order valence-corrected chi connectivity index (χ4v) is 1.61. The normalized spacial score (nSPS) is 19.4. The van der Waals surface area contributed by atoms with Crippen molar-refractivity contribution in [1.82, 2.24) is 15.1 Å². The molecule has 1 fully saturated rings. The minimum Gasteiger partial charge on any atom is -0.481 e. The predicted molar refractivity (Wildman–Crippen MR) is 45.3 cm³/mol. The number of nitrogens with one attached hydrogen (secondary N) is 1. The molecule has 0 atom stereocenters. The molecule has 70 valence electrons. The van der Waals surface area contributed by atoms with Crippen molar-refractivity contribution in [3.05, 3.63) is 18.5 Å². The minimum absolute atomic E-state index is 0.127. The summed E-state index contributed by atoms with van der Waals surface area (Å²) in [5, 5.41) is 15.9. The molecule has 13 heavy (non-hydrogen) atoms. The van der Waals surface area contributed by atoms with Gasteiger partial charge in [-0.3, -0.25) is 9.48 Å². The molecule has 0 spiro atoms. The summed E-state index contributed by atoms with van der Waals surface area (Å²) in [6.07, 6.45) is 3.60. The highest BCUT2D eigenvalue weighted by Crippen LogP contribution is 2.24. The molecule has 1 aliphatic rings. The van der Waals surface area contributed by atoms with Gasteiger partial charge in [-0.2, -0.15) is 5.10 Å². The van der Waals surface area contributed by atoms with E-state index in [0.29, 0.717) is 13.1 Å². The van der Waals surface area contributed by atoms with E-state index in [0.717, 1.165) is 0 Å². The van der Waals surface area contributed by atoms with E-state index in [1.165, 1.54) is 0 Å². The van der Waals surface area contributed by atoms with Crippen LogP contribution < -0.4 is 5.32 Å². The van der Waals surface area contributed by atoms with Gasteiger partial charge in [0.1, 0.15) is 0 Å². The Morgan fingerprint density at radius 3 is 2.85 bits per heavy atom. The smallest absolute Gasteiger partial charge is 0.305 e. The predicted octanol–water partition coefficient (Wildman–Crippen LogP) is -0.344. The summed E-state index contributed by atoms with van der Waals surface area (Å²) >= 11 is 0. The van der Waals surface area contributed by atoms with Gasteiger partial charge < -0.3 is 10.4 Å². The summed E-state index contributed by atoms with van der Waals surface area (Å²) in [5.74, 6) is -0.781. The van der Waals surface area contributed by atoms with Gasteiger partial charge in [-0.15, -0.1) is 0 Å². The van der Waals surface area contributed by atoms with Crippen molar-refractivity contribution in [3.63, 3.8) is 0 Å². The molecule has 1 saturated heterocycles. The number of carboxylic acids is 1. The Balaban J connectivity index is 2.20. The van der Waals surface area contributed by atoms with Crippen LogP contribution in [0.25, 0.3) is 0 Å². The van der Waals surface area contributed by atoms with Crippen LogP contribution in [0.3, 0.4) is 0 Å². The highest BCUT2D eigenvalue weighted by molar-refractivity contribution is 5.68. The summed E-state index contributed by atoms with van der Waals surface area (Å²) in [4.78, 5) is 10.6. The highest BCUT2D eigenvalue weighted by atomic mass is 16.4. The molecule has 1 aromatic heterocycles. The summed E-state index contributed by atoms with van der Waals surface area (Å²) in [6.45, 7) is 1.36. The summed E-state index contributed by atoms with van der Waals surface area (Å²) in [5.41, 5.74) is -0.338. The zero-order valence-corrected chi connectivity index (χ0v) is 7.10. The van der Waals surface area contributed by atoms with Gasteiger partial charge in [-0.1, -0.05) is 0 Å². The second-order valence-electron chi connectivity index (χ2n) is 3.35. The first-order valence-electron chi connectivity index (χ1n) is 4.16. The molecule has 2 rings (SSSR count). The third-order valence-corrected chi connectivity index (χ3v) is 2.38. The van der Waals surface area contributed by atoms with E-state index in [1.807, 2.05) is 12.3 Å².